The van der Waals surface area contributed by atoms with E-state index < -0.39 is 45.3 Å². The molecule has 1 saturated heterocycles. The second kappa shape index (κ2) is 2.86. The Balaban J connectivity index is 3.05. The Morgan fingerprint density at radius 3 is 2.21 bits per heavy atom. The van der Waals surface area contributed by atoms with Crippen molar-refractivity contribution in [2.45, 2.75) is 17.9 Å². The highest BCUT2D eigenvalue weighted by molar-refractivity contribution is 7.91. The van der Waals surface area contributed by atoms with Gasteiger partial charge in [-0.3, -0.25) is 0 Å². The quantitative estimate of drug-likeness (QED) is 0.651. The second-order valence-corrected chi connectivity index (χ2v) is 5.44. The summed E-state index contributed by atoms with van der Waals surface area (Å²) < 4.78 is 47.4. The van der Waals surface area contributed by atoms with Crippen LogP contribution in [0.15, 0.2) is 0 Å². The zero-order chi connectivity index (χ0) is 11.2. The Bertz CT molecular complexity index is 362. The van der Waals surface area contributed by atoms with Gasteiger partial charge in [-0.2, -0.15) is 8.78 Å². The van der Waals surface area contributed by atoms with Crippen LogP contribution in [0.4, 0.5) is 8.78 Å². The number of carbonyl (C=O) groups is 1. The zero-order valence-corrected chi connectivity index (χ0v) is 7.72. The van der Waals surface area contributed by atoms with Crippen LogP contribution >= 0.6 is 0 Å². The van der Waals surface area contributed by atoms with Crippen LogP contribution in [0.1, 0.15) is 6.42 Å². The van der Waals surface area contributed by atoms with E-state index in [1.807, 2.05) is 0 Å². The summed E-state index contributed by atoms with van der Waals surface area (Å²) in [6.07, 6.45) is -0.755. The van der Waals surface area contributed by atoms with E-state index in [9.17, 15) is 27.1 Å². The van der Waals surface area contributed by atoms with Gasteiger partial charge in [0, 0.05) is 0 Å². The van der Waals surface area contributed by atoms with Crippen molar-refractivity contribution >= 4 is 15.8 Å². The first-order valence-electron chi connectivity index (χ1n) is 3.65. The molecule has 0 spiro atoms. The van der Waals surface area contributed by atoms with Gasteiger partial charge in [0.1, 0.15) is 0 Å². The van der Waals surface area contributed by atoms with Crippen LogP contribution in [0, 0.1) is 0 Å². The number of sulfone groups is 1. The lowest BCUT2D eigenvalue weighted by atomic mass is 9.95. The normalized spacial score (nSPS) is 31.6. The minimum Gasteiger partial charge on any atom is -0.477 e. The van der Waals surface area contributed by atoms with Gasteiger partial charge in [0.2, 0.25) is 0 Å². The lowest BCUT2D eigenvalue weighted by Gasteiger charge is -2.27. The van der Waals surface area contributed by atoms with Crippen molar-refractivity contribution in [2.75, 3.05) is 11.5 Å². The fourth-order valence-electron chi connectivity index (χ4n) is 1.28. The summed E-state index contributed by atoms with van der Waals surface area (Å²) in [5.41, 5.74) is -2.97. The van der Waals surface area contributed by atoms with Crippen molar-refractivity contribution in [2.24, 2.45) is 0 Å². The Hall–Kier alpha value is -0.760. The molecule has 0 bridgehead atoms. The van der Waals surface area contributed by atoms with Crippen LogP contribution in [0.25, 0.3) is 0 Å². The van der Waals surface area contributed by atoms with E-state index >= 15 is 0 Å². The summed E-state index contributed by atoms with van der Waals surface area (Å²) in [5, 5.41) is 17.3. The molecule has 1 aliphatic rings. The number of aliphatic carboxylic acids is 1. The zero-order valence-electron chi connectivity index (χ0n) is 6.90. The van der Waals surface area contributed by atoms with E-state index in [4.69, 9.17) is 5.11 Å². The predicted molar refractivity (Wildman–Crippen MR) is 40.8 cm³/mol. The minimum absolute atomic E-state index is 0.619. The van der Waals surface area contributed by atoms with Crippen molar-refractivity contribution in [1.29, 1.82) is 0 Å². The molecule has 1 rings (SSSR count). The van der Waals surface area contributed by atoms with Gasteiger partial charge in [0.25, 0.3) is 0 Å². The van der Waals surface area contributed by atoms with E-state index in [2.05, 4.69) is 0 Å². The molecule has 0 amide bonds. The summed E-state index contributed by atoms with van der Waals surface area (Å²) in [4.78, 5) is 10.1. The SMILES string of the molecule is O=C(O)C(F)(F)C1(O)CCS(=O)(=O)C1. The van der Waals surface area contributed by atoms with E-state index in [0.29, 0.717) is 0 Å². The van der Waals surface area contributed by atoms with Crippen molar-refractivity contribution < 1.29 is 32.2 Å². The molecule has 82 valence electrons. The van der Waals surface area contributed by atoms with Crippen molar-refractivity contribution in [3.63, 3.8) is 0 Å². The molecule has 14 heavy (non-hydrogen) atoms. The van der Waals surface area contributed by atoms with E-state index in [-0.39, 0.29) is 0 Å². The van der Waals surface area contributed by atoms with E-state index in [0.717, 1.165) is 0 Å². The van der Waals surface area contributed by atoms with Gasteiger partial charge >= 0.3 is 11.9 Å². The third kappa shape index (κ3) is 1.59. The van der Waals surface area contributed by atoms with Crippen LogP contribution in [0.3, 0.4) is 0 Å². The third-order valence-corrected chi connectivity index (χ3v) is 3.88. The maximum Gasteiger partial charge on any atom is 0.377 e. The number of hydrogen-bond donors (Lipinski definition) is 2. The molecule has 1 aliphatic heterocycles. The summed E-state index contributed by atoms with van der Waals surface area (Å²) in [7, 11) is -3.76. The summed E-state index contributed by atoms with van der Waals surface area (Å²) >= 11 is 0. The Kier molecular flexibility index (Phi) is 2.31. The molecule has 0 saturated carbocycles. The van der Waals surface area contributed by atoms with Gasteiger partial charge in [0.05, 0.1) is 11.5 Å². The number of rotatable bonds is 2. The van der Waals surface area contributed by atoms with Gasteiger partial charge < -0.3 is 10.2 Å². The maximum atomic E-state index is 12.9. The van der Waals surface area contributed by atoms with Gasteiger partial charge in [-0.15, -0.1) is 0 Å². The maximum absolute atomic E-state index is 12.9. The molecule has 1 unspecified atom stereocenters. The molecule has 0 aromatic rings. The molecular formula is C6H8F2O5S. The molecule has 0 aliphatic carbocycles. The second-order valence-electron chi connectivity index (χ2n) is 3.25. The first-order chi connectivity index (χ1) is 6.11. The number of carboxylic acid groups (broad SMARTS) is 1. The summed E-state index contributed by atoms with van der Waals surface area (Å²) in [6.45, 7) is 0. The van der Waals surface area contributed by atoms with Gasteiger partial charge in [-0.25, -0.2) is 13.2 Å². The number of hydrogen-bond acceptors (Lipinski definition) is 4. The lowest BCUT2D eigenvalue weighted by Crippen LogP contribution is -2.54. The number of alkyl halides is 2. The monoisotopic (exact) mass is 230 g/mol. The Morgan fingerprint density at radius 2 is 1.93 bits per heavy atom. The fraction of sp³-hybridized carbons (Fsp3) is 0.833. The largest absolute Gasteiger partial charge is 0.477 e. The summed E-state index contributed by atoms with van der Waals surface area (Å²) in [5.74, 6) is -8.78. The molecule has 5 nitrogen and oxygen atoms in total. The van der Waals surface area contributed by atoms with Gasteiger partial charge in [-0.1, -0.05) is 0 Å². The molecule has 1 fully saturated rings. The average Bonchev–Trinajstić information content (AvgIpc) is 2.26. The molecule has 2 N–H and O–H groups in total. The molecule has 8 heteroatoms. The Morgan fingerprint density at radius 1 is 1.43 bits per heavy atom. The van der Waals surface area contributed by atoms with Crippen LogP contribution in [0.2, 0.25) is 0 Å². The summed E-state index contributed by atoms with van der Waals surface area (Å²) in [6, 6.07) is 0. The predicted octanol–water partition coefficient (Wildman–Crippen LogP) is -0.744. The number of carboxylic acids is 1. The van der Waals surface area contributed by atoms with Crippen LogP contribution < -0.4 is 0 Å². The van der Waals surface area contributed by atoms with Gasteiger partial charge in [-0.05, 0) is 6.42 Å². The van der Waals surface area contributed by atoms with Crippen LogP contribution in [-0.4, -0.2) is 47.6 Å². The average molecular weight is 230 g/mol. The van der Waals surface area contributed by atoms with Crippen molar-refractivity contribution in [1.82, 2.24) is 0 Å². The molecule has 0 aromatic heterocycles. The van der Waals surface area contributed by atoms with Crippen molar-refractivity contribution in [3.8, 4) is 0 Å². The molecule has 1 heterocycles. The highest BCUT2D eigenvalue weighted by Gasteiger charge is 2.63. The highest BCUT2D eigenvalue weighted by Crippen LogP contribution is 2.37. The third-order valence-electron chi connectivity index (χ3n) is 2.14. The minimum atomic E-state index is -4.43. The topological polar surface area (TPSA) is 91.7 Å². The standard InChI is InChI=1S/C6H8F2O5S/c7-6(8,4(9)10)5(11)1-2-14(12,13)3-5/h11H,1-3H2,(H,9,10). The lowest BCUT2D eigenvalue weighted by molar-refractivity contribution is -0.201. The van der Waals surface area contributed by atoms with E-state index in [1.54, 1.807) is 0 Å². The number of aliphatic hydroxyl groups is 1. The van der Waals surface area contributed by atoms with Crippen LogP contribution in [0.5, 0.6) is 0 Å². The molecule has 0 aromatic carbocycles. The molecular weight excluding hydrogens is 222 g/mol. The van der Waals surface area contributed by atoms with E-state index in [1.165, 1.54) is 0 Å². The van der Waals surface area contributed by atoms with Crippen LogP contribution in [-0.2, 0) is 14.6 Å². The fourth-order valence-corrected chi connectivity index (χ4v) is 3.13. The van der Waals surface area contributed by atoms with Crippen molar-refractivity contribution in [3.05, 3.63) is 0 Å². The molecule has 0 radical (unpaired) electrons. The highest BCUT2D eigenvalue weighted by atomic mass is 32.2. The van der Waals surface area contributed by atoms with Gasteiger partial charge in [0.15, 0.2) is 15.4 Å². The number of halogens is 2. The molecule has 1 atom stereocenters. The Labute approximate surface area is 78.3 Å². The first kappa shape index (κ1) is 11.3. The smallest absolute Gasteiger partial charge is 0.377 e. The first-order valence-corrected chi connectivity index (χ1v) is 5.47.